The van der Waals surface area contributed by atoms with Gasteiger partial charge in [0.25, 0.3) is 0 Å². The summed E-state index contributed by atoms with van der Waals surface area (Å²) in [6.45, 7) is 4.97. The summed E-state index contributed by atoms with van der Waals surface area (Å²) in [7, 11) is 0. The fourth-order valence-electron chi connectivity index (χ4n) is 1.92. The van der Waals surface area contributed by atoms with Gasteiger partial charge in [-0.2, -0.15) is 0 Å². The lowest BCUT2D eigenvalue weighted by molar-refractivity contribution is 0.0311. The van der Waals surface area contributed by atoms with Crippen molar-refractivity contribution < 1.29 is 5.11 Å². The van der Waals surface area contributed by atoms with E-state index in [0.29, 0.717) is 12.0 Å². The third kappa shape index (κ3) is 2.46. The van der Waals surface area contributed by atoms with Crippen LogP contribution in [0.2, 0.25) is 0 Å². The van der Waals surface area contributed by atoms with E-state index in [9.17, 15) is 5.11 Å². The van der Waals surface area contributed by atoms with E-state index in [1.807, 2.05) is 0 Å². The molecule has 0 heterocycles. The monoisotopic (exact) mass is 171 g/mol. The second kappa shape index (κ2) is 3.35. The average molecular weight is 171 g/mol. The van der Waals surface area contributed by atoms with Crippen molar-refractivity contribution in [1.82, 2.24) is 0 Å². The molecule has 0 saturated heterocycles. The first-order chi connectivity index (χ1) is 5.47. The zero-order valence-corrected chi connectivity index (χ0v) is 8.27. The molecule has 2 heteroatoms. The van der Waals surface area contributed by atoms with Crippen LogP contribution in [0.25, 0.3) is 0 Å². The summed E-state index contributed by atoms with van der Waals surface area (Å²) in [5.74, 6) is 0. The highest BCUT2D eigenvalue weighted by Crippen LogP contribution is 2.37. The SMILES string of the molecule is CC1(C)CCC[C@@](O)(CN)CC1. The Kier molecular flexibility index (Phi) is 2.79. The lowest BCUT2D eigenvalue weighted by atomic mass is 9.84. The summed E-state index contributed by atoms with van der Waals surface area (Å²) in [6.07, 6.45) is 5.18. The number of hydrogen-bond donors (Lipinski definition) is 2. The minimum Gasteiger partial charge on any atom is -0.389 e. The molecule has 12 heavy (non-hydrogen) atoms. The lowest BCUT2D eigenvalue weighted by Gasteiger charge is -2.26. The van der Waals surface area contributed by atoms with E-state index in [4.69, 9.17) is 5.73 Å². The Morgan fingerprint density at radius 3 is 2.42 bits per heavy atom. The van der Waals surface area contributed by atoms with E-state index in [1.54, 1.807) is 0 Å². The molecule has 1 atom stereocenters. The fourth-order valence-corrected chi connectivity index (χ4v) is 1.92. The second-order valence-electron chi connectivity index (χ2n) is 4.95. The molecule has 3 N–H and O–H groups in total. The van der Waals surface area contributed by atoms with Gasteiger partial charge in [0.1, 0.15) is 0 Å². The predicted molar refractivity (Wildman–Crippen MR) is 50.9 cm³/mol. The third-order valence-electron chi connectivity index (χ3n) is 3.14. The Morgan fingerprint density at radius 1 is 1.17 bits per heavy atom. The molecule has 0 aromatic carbocycles. The van der Waals surface area contributed by atoms with Crippen molar-refractivity contribution in [3.8, 4) is 0 Å². The predicted octanol–water partition coefficient (Wildman–Crippen LogP) is 1.67. The molecule has 1 saturated carbocycles. The van der Waals surface area contributed by atoms with E-state index in [-0.39, 0.29) is 0 Å². The largest absolute Gasteiger partial charge is 0.389 e. The van der Waals surface area contributed by atoms with Crippen molar-refractivity contribution in [2.24, 2.45) is 11.1 Å². The van der Waals surface area contributed by atoms with Crippen molar-refractivity contribution in [3.63, 3.8) is 0 Å². The van der Waals surface area contributed by atoms with Crippen LogP contribution in [-0.2, 0) is 0 Å². The van der Waals surface area contributed by atoms with Gasteiger partial charge < -0.3 is 10.8 Å². The van der Waals surface area contributed by atoms with Crippen LogP contribution in [0.15, 0.2) is 0 Å². The van der Waals surface area contributed by atoms with Crippen LogP contribution in [0.4, 0.5) is 0 Å². The van der Waals surface area contributed by atoms with Gasteiger partial charge >= 0.3 is 0 Å². The Labute approximate surface area is 75.2 Å². The topological polar surface area (TPSA) is 46.2 Å². The summed E-state index contributed by atoms with van der Waals surface area (Å²) in [6, 6.07) is 0. The van der Waals surface area contributed by atoms with Crippen molar-refractivity contribution >= 4 is 0 Å². The minimum atomic E-state index is -0.562. The molecule has 0 bridgehead atoms. The van der Waals surface area contributed by atoms with Crippen molar-refractivity contribution in [3.05, 3.63) is 0 Å². The molecule has 1 rings (SSSR count). The minimum absolute atomic E-state index is 0.402. The first-order valence-electron chi connectivity index (χ1n) is 4.90. The Morgan fingerprint density at radius 2 is 1.83 bits per heavy atom. The van der Waals surface area contributed by atoms with Gasteiger partial charge in [-0.15, -0.1) is 0 Å². The molecular weight excluding hydrogens is 150 g/mol. The summed E-state index contributed by atoms with van der Waals surface area (Å²) in [4.78, 5) is 0. The number of aliphatic hydroxyl groups is 1. The van der Waals surface area contributed by atoms with Gasteiger partial charge in [0.15, 0.2) is 0 Å². The van der Waals surface area contributed by atoms with E-state index >= 15 is 0 Å². The van der Waals surface area contributed by atoms with Gasteiger partial charge in [0, 0.05) is 6.54 Å². The van der Waals surface area contributed by atoms with E-state index in [2.05, 4.69) is 13.8 Å². The van der Waals surface area contributed by atoms with Crippen LogP contribution in [0, 0.1) is 5.41 Å². The quantitative estimate of drug-likeness (QED) is 0.589. The maximum absolute atomic E-state index is 9.97. The van der Waals surface area contributed by atoms with Crippen LogP contribution in [0.5, 0.6) is 0 Å². The normalized spacial score (nSPS) is 36.0. The third-order valence-corrected chi connectivity index (χ3v) is 3.14. The molecule has 0 radical (unpaired) electrons. The van der Waals surface area contributed by atoms with Crippen LogP contribution in [0.1, 0.15) is 46.0 Å². The van der Waals surface area contributed by atoms with Crippen molar-refractivity contribution in [1.29, 1.82) is 0 Å². The summed E-state index contributed by atoms with van der Waals surface area (Å²) in [5, 5.41) is 9.97. The van der Waals surface area contributed by atoms with Gasteiger partial charge in [-0.25, -0.2) is 0 Å². The Hall–Kier alpha value is -0.0800. The molecule has 1 aliphatic rings. The summed E-state index contributed by atoms with van der Waals surface area (Å²) in [5.41, 5.74) is 5.39. The zero-order chi connectivity index (χ0) is 9.24. The highest BCUT2D eigenvalue weighted by atomic mass is 16.3. The van der Waals surface area contributed by atoms with Crippen LogP contribution >= 0.6 is 0 Å². The first-order valence-corrected chi connectivity index (χ1v) is 4.90. The fraction of sp³-hybridized carbons (Fsp3) is 1.00. The first kappa shape index (κ1) is 10.0. The Bertz CT molecular complexity index is 156. The molecule has 0 aliphatic heterocycles. The van der Waals surface area contributed by atoms with Gasteiger partial charge in [0.2, 0.25) is 0 Å². The van der Waals surface area contributed by atoms with Gasteiger partial charge in [-0.1, -0.05) is 20.3 Å². The molecule has 2 nitrogen and oxygen atoms in total. The highest BCUT2D eigenvalue weighted by molar-refractivity contribution is 4.86. The van der Waals surface area contributed by atoms with Crippen LogP contribution in [-0.4, -0.2) is 17.3 Å². The zero-order valence-electron chi connectivity index (χ0n) is 8.27. The van der Waals surface area contributed by atoms with E-state index < -0.39 is 5.60 Å². The molecule has 0 spiro atoms. The summed E-state index contributed by atoms with van der Waals surface area (Å²) >= 11 is 0. The maximum atomic E-state index is 9.97. The Balaban J connectivity index is 2.56. The van der Waals surface area contributed by atoms with Crippen LogP contribution < -0.4 is 5.73 Å². The molecule has 0 aromatic heterocycles. The molecule has 0 amide bonds. The number of rotatable bonds is 1. The van der Waals surface area contributed by atoms with Crippen LogP contribution in [0.3, 0.4) is 0 Å². The maximum Gasteiger partial charge on any atom is 0.0769 e. The molecular formula is C10H21NO. The van der Waals surface area contributed by atoms with E-state index in [0.717, 1.165) is 25.7 Å². The van der Waals surface area contributed by atoms with Gasteiger partial charge in [-0.3, -0.25) is 0 Å². The highest BCUT2D eigenvalue weighted by Gasteiger charge is 2.32. The average Bonchev–Trinajstić information content (AvgIpc) is 2.13. The van der Waals surface area contributed by atoms with Gasteiger partial charge in [0.05, 0.1) is 5.60 Å². The molecule has 1 aliphatic carbocycles. The van der Waals surface area contributed by atoms with Gasteiger partial charge in [-0.05, 0) is 31.1 Å². The lowest BCUT2D eigenvalue weighted by Crippen LogP contribution is -2.37. The van der Waals surface area contributed by atoms with Crippen molar-refractivity contribution in [2.45, 2.75) is 51.6 Å². The smallest absolute Gasteiger partial charge is 0.0769 e. The van der Waals surface area contributed by atoms with Crippen molar-refractivity contribution in [2.75, 3.05) is 6.54 Å². The molecule has 0 unspecified atom stereocenters. The second-order valence-corrected chi connectivity index (χ2v) is 4.95. The number of nitrogens with two attached hydrogens (primary N) is 1. The molecule has 72 valence electrons. The van der Waals surface area contributed by atoms with E-state index in [1.165, 1.54) is 6.42 Å². The molecule has 1 fully saturated rings. The standard InChI is InChI=1S/C10H21NO/c1-9(2)4-3-5-10(12,8-11)7-6-9/h12H,3-8,11H2,1-2H3/t10-/m0/s1. The summed E-state index contributed by atoms with van der Waals surface area (Å²) < 4.78 is 0. The number of hydrogen-bond acceptors (Lipinski definition) is 2. The molecule has 0 aromatic rings.